The van der Waals surface area contributed by atoms with Gasteiger partial charge in [0.2, 0.25) is 11.9 Å². The van der Waals surface area contributed by atoms with Crippen molar-refractivity contribution < 1.29 is 9.59 Å². The van der Waals surface area contributed by atoms with Gasteiger partial charge >= 0.3 is 0 Å². The van der Waals surface area contributed by atoms with E-state index in [9.17, 15) is 9.59 Å². The second-order valence-corrected chi connectivity index (χ2v) is 5.67. The van der Waals surface area contributed by atoms with Crippen molar-refractivity contribution in [2.45, 2.75) is 25.3 Å². The number of hydrogen-bond donors (Lipinski definition) is 3. The summed E-state index contributed by atoms with van der Waals surface area (Å²) in [5, 5.41) is 5.58. The topological polar surface area (TPSA) is 110 Å². The third kappa shape index (κ3) is 3.51. The fourth-order valence-electron chi connectivity index (χ4n) is 2.69. The molecule has 7 heteroatoms. The van der Waals surface area contributed by atoms with Crippen molar-refractivity contribution in [1.82, 2.24) is 20.6 Å². The van der Waals surface area contributed by atoms with Crippen LogP contribution in [0.5, 0.6) is 0 Å². The summed E-state index contributed by atoms with van der Waals surface area (Å²) in [4.78, 5) is 32.8. The van der Waals surface area contributed by atoms with E-state index in [-0.39, 0.29) is 17.8 Å². The number of nitrogens with two attached hydrogens (primary N) is 1. The van der Waals surface area contributed by atoms with Crippen LogP contribution in [-0.2, 0) is 4.79 Å². The number of anilines is 1. The molecular weight excluding hydrogens is 306 g/mol. The molecule has 3 rings (SSSR count). The molecule has 1 atom stereocenters. The third-order valence-corrected chi connectivity index (χ3v) is 3.94. The molecule has 1 aliphatic heterocycles. The van der Waals surface area contributed by atoms with Gasteiger partial charge in [-0.15, -0.1) is 0 Å². The molecule has 124 valence electrons. The van der Waals surface area contributed by atoms with E-state index in [4.69, 9.17) is 5.73 Å². The summed E-state index contributed by atoms with van der Waals surface area (Å²) in [5.74, 6) is -0.438. The highest BCUT2D eigenvalue weighted by Gasteiger charge is 2.24. The molecule has 0 unspecified atom stereocenters. The molecule has 0 spiro atoms. The molecule has 1 aromatic carbocycles. The molecule has 1 fully saturated rings. The van der Waals surface area contributed by atoms with Crippen LogP contribution in [-0.4, -0.2) is 34.4 Å². The van der Waals surface area contributed by atoms with Gasteiger partial charge in [-0.2, -0.15) is 0 Å². The van der Waals surface area contributed by atoms with Crippen LogP contribution >= 0.6 is 0 Å². The molecule has 0 bridgehead atoms. The van der Waals surface area contributed by atoms with Crippen molar-refractivity contribution in [2.24, 2.45) is 0 Å². The highest BCUT2D eigenvalue weighted by Crippen LogP contribution is 2.21. The number of amides is 2. The molecular formula is C17H19N5O2. The molecule has 2 amide bonds. The van der Waals surface area contributed by atoms with Crippen LogP contribution in [0.4, 0.5) is 5.95 Å². The van der Waals surface area contributed by atoms with Crippen molar-refractivity contribution in [1.29, 1.82) is 0 Å². The number of aromatic nitrogens is 2. The van der Waals surface area contributed by atoms with Crippen LogP contribution in [0.3, 0.4) is 0 Å². The average molecular weight is 325 g/mol. The van der Waals surface area contributed by atoms with Crippen LogP contribution in [0.15, 0.2) is 36.5 Å². The van der Waals surface area contributed by atoms with Crippen LogP contribution in [0.25, 0.3) is 11.3 Å². The quantitative estimate of drug-likeness (QED) is 0.783. The highest BCUT2D eigenvalue weighted by molar-refractivity contribution is 6.02. The number of nitrogens with zero attached hydrogens (tertiary/aromatic N) is 2. The van der Waals surface area contributed by atoms with Gasteiger partial charge in [-0.05, 0) is 19.3 Å². The summed E-state index contributed by atoms with van der Waals surface area (Å²) in [6, 6.07) is 8.74. The zero-order valence-corrected chi connectivity index (χ0v) is 13.2. The van der Waals surface area contributed by atoms with Crippen LogP contribution in [0, 0.1) is 0 Å². The number of benzene rings is 1. The average Bonchev–Trinajstić information content (AvgIpc) is 2.80. The Balaban J connectivity index is 1.88. The first-order chi connectivity index (χ1) is 11.6. The number of carbonyl (C=O) groups is 2. The minimum atomic E-state index is -0.541. The lowest BCUT2D eigenvalue weighted by atomic mass is 10.1. The number of nitrogens with one attached hydrogen (secondary N) is 2. The van der Waals surface area contributed by atoms with Gasteiger partial charge in [0.25, 0.3) is 5.91 Å². The molecule has 4 N–H and O–H groups in total. The van der Waals surface area contributed by atoms with E-state index in [2.05, 4.69) is 20.6 Å². The fraction of sp³-hybridized carbons (Fsp3) is 0.294. The van der Waals surface area contributed by atoms with Gasteiger partial charge in [0.05, 0.1) is 11.3 Å². The van der Waals surface area contributed by atoms with Gasteiger partial charge < -0.3 is 16.4 Å². The summed E-state index contributed by atoms with van der Waals surface area (Å²) in [7, 11) is 0. The summed E-state index contributed by atoms with van der Waals surface area (Å²) >= 11 is 0. The van der Waals surface area contributed by atoms with Crippen LogP contribution in [0.1, 0.15) is 29.6 Å². The first kappa shape index (κ1) is 15.9. The summed E-state index contributed by atoms with van der Waals surface area (Å²) in [6.45, 7) is 0.644. The molecule has 0 radical (unpaired) electrons. The van der Waals surface area contributed by atoms with E-state index in [0.29, 0.717) is 24.2 Å². The molecule has 0 saturated carbocycles. The smallest absolute Gasteiger partial charge is 0.255 e. The Kier molecular flexibility index (Phi) is 4.69. The van der Waals surface area contributed by atoms with E-state index in [1.807, 2.05) is 30.3 Å². The van der Waals surface area contributed by atoms with E-state index in [1.54, 1.807) is 0 Å². The summed E-state index contributed by atoms with van der Waals surface area (Å²) < 4.78 is 0. The van der Waals surface area contributed by atoms with Crippen molar-refractivity contribution in [2.75, 3.05) is 12.3 Å². The Labute approximate surface area is 139 Å². The van der Waals surface area contributed by atoms with Crippen molar-refractivity contribution in [3.8, 4) is 11.3 Å². The number of carbonyl (C=O) groups excluding carboxylic acids is 2. The molecule has 2 heterocycles. The second kappa shape index (κ2) is 7.08. The zero-order chi connectivity index (χ0) is 16.9. The maximum atomic E-state index is 12.7. The Morgan fingerprint density at radius 3 is 2.83 bits per heavy atom. The Bertz CT molecular complexity index is 748. The minimum Gasteiger partial charge on any atom is -0.368 e. The van der Waals surface area contributed by atoms with Crippen molar-refractivity contribution in [3.63, 3.8) is 0 Å². The molecule has 1 aliphatic rings. The fourth-order valence-corrected chi connectivity index (χ4v) is 2.69. The normalized spacial score (nSPS) is 17.7. The van der Waals surface area contributed by atoms with Crippen molar-refractivity contribution in [3.05, 3.63) is 42.1 Å². The lowest BCUT2D eigenvalue weighted by Gasteiger charge is -2.16. The lowest BCUT2D eigenvalue weighted by Crippen LogP contribution is -2.45. The standard InChI is InChI=1S/C17H19N5O2/c18-17-20-10-12(14(22-17)11-6-2-1-3-7-11)15(23)21-13-8-4-5-9-19-16(13)24/h1-3,6-7,10,13H,4-5,8-9H2,(H,19,24)(H,21,23)(H2,18,20,22)/t13-/m0/s1. The van der Waals surface area contributed by atoms with E-state index < -0.39 is 6.04 Å². The first-order valence-corrected chi connectivity index (χ1v) is 7.91. The minimum absolute atomic E-state index is 0.0950. The van der Waals surface area contributed by atoms with Gasteiger partial charge in [0.1, 0.15) is 6.04 Å². The van der Waals surface area contributed by atoms with Crippen LogP contribution < -0.4 is 16.4 Å². The first-order valence-electron chi connectivity index (χ1n) is 7.91. The number of nitrogen functional groups attached to an aromatic ring is 1. The van der Waals surface area contributed by atoms with Gasteiger partial charge in [0, 0.05) is 18.3 Å². The SMILES string of the molecule is Nc1ncc(C(=O)N[C@H]2CCCCNC2=O)c(-c2ccccc2)n1. The largest absolute Gasteiger partial charge is 0.368 e. The Morgan fingerprint density at radius 2 is 2.04 bits per heavy atom. The van der Waals surface area contributed by atoms with Gasteiger partial charge in [-0.25, -0.2) is 9.97 Å². The van der Waals surface area contributed by atoms with Gasteiger partial charge in [-0.1, -0.05) is 30.3 Å². The molecule has 1 saturated heterocycles. The second-order valence-electron chi connectivity index (χ2n) is 5.67. The van der Waals surface area contributed by atoms with Crippen molar-refractivity contribution >= 4 is 17.8 Å². The Morgan fingerprint density at radius 1 is 1.25 bits per heavy atom. The number of rotatable bonds is 3. The molecule has 0 aliphatic carbocycles. The van der Waals surface area contributed by atoms with E-state index in [0.717, 1.165) is 18.4 Å². The maximum Gasteiger partial charge on any atom is 0.255 e. The highest BCUT2D eigenvalue weighted by atomic mass is 16.2. The molecule has 2 aromatic rings. The van der Waals surface area contributed by atoms with Gasteiger partial charge in [0.15, 0.2) is 0 Å². The van der Waals surface area contributed by atoms with Crippen LogP contribution in [0.2, 0.25) is 0 Å². The molecule has 7 nitrogen and oxygen atoms in total. The summed E-state index contributed by atoms with van der Waals surface area (Å²) in [5.41, 5.74) is 7.19. The van der Waals surface area contributed by atoms with E-state index in [1.165, 1.54) is 6.20 Å². The lowest BCUT2D eigenvalue weighted by molar-refractivity contribution is -0.122. The Hall–Kier alpha value is -2.96. The molecule has 24 heavy (non-hydrogen) atoms. The van der Waals surface area contributed by atoms with Gasteiger partial charge in [-0.3, -0.25) is 9.59 Å². The summed E-state index contributed by atoms with van der Waals surface area (Å²) in [6.07, 6.45) is 3.81. The maximum absolute atomic E-state index is 12.7. The van der Waals surface area contributed by atoms with E-state index >= 15 is 0 Å². The predicted molar refractivity (Wildman–Crippen MR) is 90.0 cm³/mol. The predicted octanol–water partition coefficient (Wildman–Crippen LogP) is 1.12. The third-order valence-electron chi connectivity index (χ3n) is 3.94. The number of hydrogen-bond acceptors (Lipinski definition) is 5. The zero-order valence-electron chi connectivity index (χ0n) is 13.2. The monoisotopic (exact) mass is 325 g/mol. The molecule has 1 aromatic heterocycles.